The van der Waals surface area contributed by atoms with Gasteiger partial charge in [0.1, 0.15) is 11.5 Å². The summed E-state index contributed by atoms with van der Waals surface area (Å²) in [5.41, 5.74) is 0. The molecule has 1 heterocycles. The first-order valence-corrected chi connectivity index (χ1v) is 7.87. The Bertz CT molecular complexity index is 352. The van der Waals surface area contributed by atoms with Gasteiger partial charge < -0.3 is 14.5 Å². The lowest BCUT2D eigenvalue weighted by atomic mass is 10.4. The molecule has 1 unspecified atom stereocenters. The van der Waals surface area contributed by atoms with E-state index in [4.69, 9.17) is 9.15 Å². The second-order valence-electron chi connectivity index (χ2n) is 4.18. The molecule has 0 bridgehead atoms. The topological polar surface area (TPSA) is 51.5 Å². The van der Waals surface area contributed by atoms with Crippen molar-refractivity contribution in [2.75, 3.05) is 26.0 Å². The number of methoxy groups -OCH3 is 1. The number of hydrogen-bond acceptors (Lipinski definition) is 4. The van der Waals surface area contributed by atoms with Gasteiger partial charge in [-0.05, 0) is 31.5 Å². The fourth-order valence-electron chi connectivity index (χ4n) is 1.58. The van der Waals surface area contributed by atoms with Crippen LogP contribution in [0.5, 0.6) is 0 Å². The van der Waals surface area contributed by atoms with Crippen LogP contribution in [0.3, 0.4) is 0 Å². The van der Waals surface area contributed by atoms with Gasteiger partial charge in [0.15, 0.2) is 0 Å². The zero-order valence-corrected chi connectivity index (χ0v) is 12.1. The van der Waals surface area contributed by atoms with Crippen LogP contribution in [0.1, 0.15) is 31.3 Å². The standard InChI is InChI=1S/C13H23NO3S/c1-3-7-14-10-12-5-6-13(17-12)11-18(15)9-4-8-16-2/h5-6,14H,3-4,7-11H2,1-2H3. The third-order valence-corrected chi connectivity index (χ3v) is 3.82. The van der Waals surface area contributed by atoms with Crippen molar-refractivity contribution in [1.29, 1.82) is 0 Å². The molecular formula is C13H23NO3S. The summed E-state index contributed by atoms with van der Waals surface area (Å²) in [5, 5.41) is 3.27. The van der Waals surface area contributed by atoms with Crippen molar-refractivity contribution in [2.24, 2.45) is 0 Å². The number of ether oxygens (including phenoxy) is 1. The van der Waals surface area contributed by atoms with Crippen LogP contribution in [0.2, 0.25) is 0 Å². The quantitative estimate of drug-likeness (QED) is 0.663. The average Bonchev–Trinajstić information content (AvgIpc) is 2.77. The second-order valence-corrected chi connectivity index (χ2v) is 5.76. The van der Waals surface area contributed by atoms with E-state index in [1.54, 1.807) is 7.11 Å². The van der Waals surface area contributed by atoms with Crippen LogP contribution in [-0.2, 0) is 27.8 Å². The van der Waals surface area contributed by atoms with Gasteiger partial charge in [0.05, 0.1) is 12.3 Å². The van der Waals surface area contributed by atoms with Crippen molar-refractivity contribution < 1.29 is 13.4 Å². The summed E-state index contributed by atoms with van der Waals surface area (Å²) < 4.78 is 22.3. The van der Waals surface area contributed by atoms with Crippen molar-refractivity contribution in [3.05, 3.63) is 23.7 Å². The monoisotopic (exact) mass is 273 g/mol. The molecule has 1 aromatic heterocycles. The largest absolute Gasteiger partial charge is 0.464 e. The van der Waals surface area contributed by atoms with Gasteiger partial charge in [0, 0.05) is 30.3 Å². The van der Waals surface area contributed by atoms with Crippen LogP contribution in [0.4, 0.5) is 0 Å². The highest BCUT2D eigenvalue weighted by Gasteiger charge is 2.06. The lowest BCUT2D eigenvalue weighted by molar-refractivity contribution is 0.200. The number of hydrogen-bond donors (Lipinski definition) is 1. The minimum absolute atomic E-state index is 0.498. The van der Waals surface area contributed by atoms with Gasteiger partial charge in [-0.25, -0.2) is 0 Å². The van der Waals surface area contributed by atoms with E-state index < -0.39 is 10.8 Å². The van der Waals surface area contributed by atoms with E-state index >= 15 is 0 Å². The summed E-state index contributed by atoms with van der Waals surface area (Å²) >= 11 is 0. The molecule has 0 aliphatic heterocycles. The number of rotatable bonds is 10. The molecule has 1 rings (SSSR count). The molecule has 0 aliphatic carbocycles. The Kier molecular flexibility index (Phi) is 7.96. The highest BCUT2D eigenvalue weighted by Crippen LogP contribution is 2.10. The SMILES string of the molecule is CCCNCc1ccc(CS(=O)CCCOC)o1. The highest BCUT2D eigenvalue weighted by atomic mass is 32.2. The van der Waals surface area contributed by atoms with Crippen LogP contribution >= 0.6 is 0 Å². The zero-order valence-electron chi connectivity index (χ0n) is 11.2. The van der Waals surface area contributed by atoms with E-state index in [1.165, 1.54) is 0 Å². The van der Waals surface area contributed by atoms with Crippen molar-refractivity contribution in [2.45, 2.75) is 32.1 Å². The maximum atomic E-state index is 11.7. The third kappa shape index (κ3) is 6.33. The van der Waals surface area contributed by atoms with Gasteiger partial charge in [-0.2, -0.15) is 0 Å². The number of furan rings is 1. The Labute approximate surface area is 112 Å². The molecule has 1 N–H and O–H groups in total. The summed E-state index contributed by atoms with van der Waals surface area (Å²) in [6, 6.07) is 3.86. The van der Waals surface area contributed by atoms with Crippen molar-refractivity contribution >= 4 is 10.8 Å². The first-order valence-electron chi connectivity index (χ1n) is 6.38. The molecule has 5 heteroatoms. The zero-order chi connectivity index (χ0) is 13.2. The molecule has 1 atom stereocenters. The molecule has 104 valence electrons. The molecule has 1 aromatic rings. The summed E-state index contributed by atoms with van der Waals surface area (Å²) in [5.74, 6) is 2.88. The Hall–Kier alpha value is -0.650. The van der Waals surface area contributed by atoms with E-state index in [9.17, 15) is 4.21 Å². The highest BCUT2D eigenvalue weighted by molar-refractivity contribution is 7.84. The lowest BCUT2D eigenvalue weighted by Gasteiger charge is -2.01. The second kappa shape index (κ2) is 9.30. The van der Waals surface area contributed by atoms with Gasteiger partial charge in [0.25, 0.3) is 0 Å². The van der Waals surface area contributed by atoms with Gasteiger partial charge in [-0.15, -0.1) is 0 Å². The Morgan fingerprint density at radius 3 is 2.89 bits per heavy atom. The average molecular weight is 273 g/mol. The molecule has 0 saturated heterocycles. The molecule has 4 nitrogen and oxygen atoms in total. The van der Waals surface area contributed by atoms with Crippen molar-refractivity contribution in [1.82, 2.24) is 5.32 Å². The normalized spacial score (nSPS) is 12.8. The molecule has 18 heavy (non-hydrogen) atoms. The fourth-order valence-corrected chi connectivity index (χ4v) is 2.64. The Morgan fingerprint density at radius 2 is 2.17 bits per heavy atom. The van der Waals surface area contributed by atoms with Crippen LogP contribution in [0, 0.1) is 0 Å². The Morgan fingerprint density at radius 1 is 1.39 bits per heavy atom. The molecule has 0 spiro atoms. The maximum Gasteiger partial charge on any atom is 0.118 e. The van der Waals surface area contributed by atoms with E-state index in [2.05, 4.69) is 12.2 Å². The molecule has 0 aliphatic rings. The van der Waals surface area contributed by atoms with E-state index in [0.717, 1.165) is 37.5 Å². The number of nitrogens with one attached hydrogen (secondary N) is 1. The van der Waals surface area contributed by atoms with Crippen molar-refractivity contribution in [3.63, 3.8) is 0 Å². The summed E-state index contributed by atoms with van der Waals surface area (Å²) in [6.07, 6.45) is 1.94. The van der Waals surface area contributed by atoms with Gasteiger partial charge in [-0.3, -0.25) is 4.21 Å². The van der Waals surface area contributed by atoms with E-state index in [1.807, 2.05) is 12.1 Å². The summed E-state index contributed by atoms with van der Waals surface area (Å²) in [7, 11) is 0.797. The van der Waals surface area contributed by atoms with Crippen LogP contribution in [0.15, 0.2) is 16.5 Å². The molecule has 0 fully saturated rings. The van der Waals surface area contributed by atoms with Crippen molar-refractivity contribution in [3.8, 4) is 0 Å². The molecule has 0 radical (unpaired) electrons. The van der Waals surface area contributed by atoms with Crippen LogP contribution in [-0.4, -0.2) is 30.2 Å². The predicted molar refractivity (Wildman–Crippen MR) is 73.9 cm³/mol. The first kappa shape index (κ1) is 15.4. The lowest BCUT2D eigenvalue weighted by Crippen LogP contribution is -2.13. The minimum Gasteiger partial charge on any atom is -0.464 e. The molecule has 0 saturated carbocycles. The van der Waals surface area contributed by atoms with E-state index in [-0.39, 0.29) is 0 Å². The summed E-state index contributed by atoms with van der Waals surface area (Å²) in [6.45, 7) is 4.52. The first-order chi connectivity index (χ1) is 8.76. The molecule has 0 aromatic carbocycles. The Balaban J connectivity index is 2.27. The van der Waals surface area contributed by atoms with E-state index in [0.29, 0.717) is 18.1 Å². The fraction of sp³-hybridized carbons (Fsp3) is 0.692. The third-order valence-electron chi connectivity index (χ3n) is 2.47. The predicted octanol–water partition coefficient (Wildman–Crippen LogP) is 2.06. The van der Waals surface area contributed by atoms with Crippen LogP contribution in [0.25, 0.3) is 0 Å². The summed E-state index contributed by atoms with van der Waals surface area (Å²) in [4.78, 5) is 0. The van der Waals surface area contributed by atoms with Gasteiger partial charge >= 0.3 is 0 Å². The van der Waals surface area contributed by atoms with Gasteiger partial charge in [-0.1, -0.05) is 6.92 Å². The molecular weight excluding hydrogens is 250 g/mol. The van der Waals surface area contributed by atoms with Gasteiger partial charge in [0.2, 0.25) is 0 Å². The maximum absolute atomic E-state index is 11.7. The molecule has 0 amide bonds. The van der Waals surface area contributed by atoms with Crippen LogP contribution < -0.4 is 5.32 Å². The smallest absolute Gasteiger partial charge is 0.118 e. The minimum atomic E-state index is -0.861.